The molecule has 3 heterocycles. The Hall–Kier alpha value is -5.80. The Kier molecular flexibility index (Phi) is 4.45. The number of hydrogen-bond donors (Lipinski definition) is 0. The summed E-state index contributed by atoms with van der Waals surface area (Å²) in [6, 6.07) is 52.3. The predicted molar refractivity (Wildman–Crippen MR) is 180 cm³/mol. The molecule has 43 heavy (non-hydrogen) atoms. The molecule has 0 atom stereocenters. The molecule has 3 heteroatoms. The van der Waals surface area contributed by atoms with E-state index in [9.17, 15) is 0 Å². The molecule has 10 aromatic rings. The molecule has 7 aromatic carbocycles. The summed E-state index contributed by atoms with van der Waals surface area (Å²) in [5, 5.41) is 9.79. The molecule has 0 amide bonds. The number of aromatic nitrogens is 2. The highest BCUT2D eigenvalue weighted by Crippen LogP contribution is 2.44. The van der Waals surface area contributed by atoms with Crippen molar-refractivity contribution in [1.82, 2.24) is 9.13 Å². The zero-order valence-electron chi connectivity index (χ0n) is 23.2. The van der Waals surface area contributed by atoms with Gasteiger partial charge in [0, 0.05) is 43.7 Å². The van der Waals surface area contributed by atoms with E-state index in [4.69, 9.17) is 4.42 Å². The van der Waals surface area contributed by atoms with Gasteiger partial charge >= 0.3 is 0 Å². The van der Waals surface area contributed by atoms with E-state index in [0.717, 1.165) is 33.3 Å². The zero-order chi connectivity index (χ0) is 28.1. The summed E-state index contributed by atoms with van der Waals surface area (Å²) >= 11 is 0. The lowest BCUT2D eigenvalue weighted by Gasteiger charge is -2.12. The lowest BCUT2D eigenvalue weighted by molar-refractivity contribution is 0.669. The van der Waals surface area contributed by atoms with Crippen LogP contribution in [0.25, 0.3) is 87.7 Å². The highest BCUT2D eigenvalue weighted by atomic mass is 16.3. The lowest BCUT2D eigenvalue weighted by atomic mass is 10.0. The minimum Gasteiger partial charge on any atom is -0.456 e. The van der Waals surface area contributed by atoms with E-state index in [0.29, 0.717) is 0 Å². The molecular formula is C40H24N2O. The van der Waals surface area contributed by atoms with Crippen molar-refractivity contribution in [2.45, 2.75) is 0 Å². The van der Waals surface area contributed by atoms with Gasteiger partial charge in [-0.25, -0.2) is 0 Å². The molecule has 0 fully saturated rings. The van der Waals surface area contributed by atoms with E-state index >= 15 is 0 Å². The summed E-state index contributed by atoms with van der Waals surface area (Å²) in [6.07, 6.45) is 0. The van der Waals surface area contributed by atoms with Gasteiger partial charge in [-0.2, -0.15) is 0 Å². The van der Waals surface area contributed by atoms with Gasteiger partial charge in [0.05, 0.1) is 22.1 Å². The van der Waals surface area contributed by atoms with Crippen molar-refractivity contribution in [3.8, 4) is 11.4 Å². The average molecular weight is 549 g/mol. The van der Waals surface area contributed by atoms with E-state index in [1.54, 1.807) is 0 Å². The van der Waals surface area contributed by atoms with Gasteiger partial charge in [0.1, 0.15) is 11.2 Å². The summed E-state index contributed by atoms with van der Waals surface area (Å²) in [4.78, 5) is 0. The van der Waals surface area contributed by atoms with E-state index in [1.165, 1.54) is 54.4 Å². The Bertz CT molecular complexity index is 2720. The van der Waals surface area contributed by atoms with Crippen LogP contribution in [0.1, 0.15) is 0 Å². The van der Waals surface area contributed by atoms with Crippen LogP contribution >= 0.6 is 0 Å². The van der Waals surface area contributed by atoms with Gasteiger partial charge in [-0.3, -0.25) is 0 Å². The maximum Gasteiger partial charge on any atom is 0.135 e. The molecule has 0 spiro atoms. The maximum absolute atomic E-state index is 6.23. The molecule has 0 unspecified atom stereocenters. The highest BCUT2D eigenvalue weighted by Gasteiger charge is 2.22. The summed E-state index contributed by atoms with van der Waals surface area (Å²) < 4.78 is 11.1. The Labute approximate surface area is 246 Å². The van der Waals surface area contributed by atoms with Crippen molar-refractivity contribution >= 4 is 76.3 Å². The van der Waals surface area contributed by atoms with Gasteiger partial charge in [0.15, 0.2) is 0 Å². The van der Waals surface area contributed by atoms with Crippen molar-refractivity contribution in [1.29, 1.82) is 0 Å². The van der Waals surface area contributed by atoms with Crippen LogP contribution < -0.4 is 0 Å². The minimum atomic E-state index is 0.903. The maximum atomic E-state index is 6.23. The van der Waals surface area contributed by atoms with Gasteiger partial charge < -0.3 is 13.6 Å². The van der Waals surface area contributed by atoms with E-state index in [2.05, 4.69) is 143 Å². The van der Waals surface area contributed by atoms with Crippen LogP contribution in [0.5, 0.6) is 0 Å². The monoisotopic (exact) mass is 548 g/mol. The van der Waals surface area contributed by atoms with Crippen LogP contribution in [-0.4, -0.2) is 9.13 Å². The van der Waals surface area contributed by atoms with Crippen molar-refractivity contribution in [2.24, 2.45) is 0 Å². The topological polar surface area (TPSA) is 23.0 Å². The Balaban J connectivity index is 1.47. The Morgan fingerprint density at radius 3 is 1.95 bits per heavy atom. The number of para-hydroxylation sites is 3. The molecule has 0 aliphatic rings. The predicted octanol–water partition coefficient (Wildman–Crippen LogP) is 10.9. The average Bonchev–Trinajstić information content (AvgIpc) is 3.72. The highest BCUT2D eigenvalue weighted by molar-refractivity contribution is 6.28. The van der Waals surface area contributed by atoms with Crippen LogP contribution in [0.4, 0.5) is 0 Å². The normalized spacial score (nSPS) is 12.2. The third-order valence-electron chi connectivity index (χ3n) is 9.08. The van der Waals surface area contributed by atoms with Crippen molar-refractivity contribution < 1.29 is 4.42 Å². The first-order chi connectivity index (χ1) is 21.3. The van der Waals surface area contributed by atoms with Crippen LogP contribution in [-0.2, 0) is 0 Å². The van der Waals surface area contributed by atoms with Gasteiger partial charge in [-0.05, 0) is 59.3 Å². The summed E-state index contributed by atoms with van der Waals surface area (Å²) in [7, 11) is 0. The fourth-order valence-corrected chi connectivity index (χ4v) is 7.28. The molecule has 0 saturated heterocycles. The Morgan fingerprint density at radius 1 is 0.372 bits per heavy atom. The summed E-state index contributed by atoms with van der Waals surface area (Å²) in [6.45, 7) is 0. The first-order valence-electron chi connectivity index (χ1n) is 14.7. The van der Waals surface area contributed by atoms with Crippen LogP contribution in [0.2, 0.25) is 0 Å². The first-order valence-corrected chi connectivity index (χ1v) is 14.7. The number of benzene rings is 7. The summed E-state index contributed by atoms with van der Waals surface area (Å²) in [5.74, 6) is 0. The van der Waals surface area contributed by atoms with E-state index in [-0.39, 0.29) is 0 Å². The van der Waals surface area contributed by atoms with Gasteiger partial charge in [-0.15, -0.1) is 0 Å². The second kappa shape index (κ2) is 8.37. The number of fused-ring (bicyclic) bond motifs is 12. The number of rotatable bonds is 2. The van der Waals surface area contributed by atoms with Gasteiger partial charge in [-0.1, -0.05) is 97.1 Å². The van der Waals surface area contributed by atoms with Gasteiger partial charge in [0.25, 0.3) is 0 Å². The second-order valence-corrected chi connectivity index (χ2v) is 11.3. The quantitative estimate of drug-likeness (QED) is 0.211. The fourth-order valence-electron chi connectivity index (χ4n) is 7.28. The first kappa shape index (κ1) is 22.8. The lowest BCUT2D eigenvalue weighted by Crippen LogP contribution is -1.98. The van der Waals surface area contributed by atoms with Crippen LogP contribution in [0, 0.1) is 0 Å². The zero-order valence-corrected chi connectivity index (χ0v) is 23.2. The standard InChI is InChI=1S/C40H24N2O/c1-2-11-26(12-3-1)41-34-16-8-6-14-29(34)31-20-21-32-38-28-13-5-4-10-25(28)18-22-35(38)42(40(32)39(31)41)27-19-23-37-33(24-27)30-15-7-9-17-36(30)43-37/h1-24H. The molecule has 0 bridgehead atoms. The number of hydrogen-bond acceptors (Lipinski definition) is 1. The third-order valence-corrected chi connectivity index (χ3v) is 9.08. The molecule has 0 saturated carbocycles. The molecule has 0 aliphatic heterocycles. The molecular weight excluding hydrogens is 524 g/mol. The molecule has 0 radical (unpaired) electrons. The largest absolute Gasteiger partial charge is 0.456 e. The minimum absolute atomic E-state index is 0.903. The van der Waals surface area contributed by atoms with Crippen LogP contribution in [0.15, 0.2) is 150 Å². The van der Waals surface area contributed by atoms with Crippen LogP contribution in [0.3, 0.4) is 0 Å². The molecule has 200 valence electrons. The van der Waals surface area contributed by atoms with Crippen molar-refractivity contribution in [3.05, 3.63) is 146 Å². The fraction of sp³-hybridized carbons (Fsp3) is 0. The van der Waals surface area contributed by atoms with E-state index < -0.39 is 0 Å². The SMILES string of the molecule is c1ccc(-n2c3ccccc3c3ccc4c5c6ccccc6ccc5n(-c5ccc6oc7ccccc7c6c5)c4c32)cc1. The van der Waals surface area contributed by atoms with E-state index in [1.807, 2.05) is 12.1 Å². The summed E-state index contributed by atoms with van der Waals surface area (Å²) in [5.41, 5.74) is 8.89. The molecule has 0 N–H and O–H groups in total. The van der Waals surface area contributed by atoms with Crippen molar-refractivity contribution in [2.75, 3.05) is 0 Å². The second-order valence-electron chi connectivity index (χ2n) is 11.3. The number of furan rings is 1. The van der Waals surface area contributed by atoms with Crippen molar-refractivity contribution in [3.63, 3.8) is 0 Å². The molecule has 3 nitrogen and oxygen atoms in total. The Morgan fingerprint density at radius 2 is 1.05 bits per heavy atom. The molecule has 3 aromatic heterocycles. The third kappa shape index (κ3) is 3.03. The number of nitrogens with zero attached hydrogens (tertiary/aromatic N) is 2. The smallest absolute Gasteiger partial charge is 0.135 e. The molecule has 0 aliphatic carbocycles. The van der Waals surface area contributed by atoms with Gasteiger partial charge in [0.2, 0.25) is 0 Å². The molecule has 10 rings (SSSR count).